The molecule has 1 rings (SSSR count). The molecule has 1 aromatic rings. The molecule has 0 aromatic heterocycles. The molecule has 0 aliphatic heterocycles. The molecule has 0 bridgehead atoms. The Balaban J connectivity index is 2.60. The van der Waals surface area contributed by atoms with Gasteiger partial charge in [0.1, 0.15) is 0 Å². The van der Waals surface area contributed by atoms with Crippen molar-refractivity contribution >= 4 is 21.6 Å². The number of hydrogen-bond donors (Lipinski definition) is 1. The van der Waals surface area contributed by atoms with Gasteiger partial charge in [-0.2, -0.15) is 5.26 Å². The summed E-state index contributed by atoms with van der Waals surface area (Å²) in [6.45, 7) is 4.26. The lowest BCUT2D eigenvalue weighted by atomic mass is 9.92. The Kier molecular flexibility index (Phi) is 4.19. The SMILES string of the molecule is CC(C)(C#N)CCOc1c(N)cccc1Br. The van der Waals surface area contributed by atoms with Crippen molar-refractivity contribution in [1.82, 2.24) is 0 Å². The van der Waals surface area contributed by atoms with Crippen molar-refractivity contribution < 1.29 is 4.74 Å². The second-order valence-corrected chi connectivity index (χ2v) is 5.11. The van der Waals surface area contributed by atoms with Crippen LogP contribution in [0.2, 0.25) is 0 Å². The van der Waals surface area contributed by atoms with Gasteiger partial charge in [0, 0.05) is 0 Å². The Labute approximate surface area is 104 Å². The number of rotatable bonds is 4. The third-order valence-electron chi connectivity index (χ3n) is 2.27. The van der Waals surface area contributed by atoms with Crippen molar-refractivity contribution in [3.05, 3.63) is 22.7 Å². The summed E-state index contributed by atoms with van der Waals surface area (Å²) in [5, 5.41) is 8.86. The van der Waals surface area contributed by atoms with Gasteiger partial charge < -0.3 is 10.5 Å². The molecule has 2 N–H and O–H groups in total. The number of hydrogen-bond acceptors (Lipinski definition) is 3. The van der Waals surface area contributed by atoms with E-state index in [1.54, 1.807) is 6.07 Å². The molecule has 1 aromatic carbocycles. The van der Waals surface area contributed by atoms with Crippen LogP contribution in [0.1, 0.15) is 20.3 Å². The number of para-hydroxylation sites is 1. The molecule has 0 aliphatic carbocycles. The highest BCUT2D eigenvalue weighted by Gasteiger charge is 2.17. The van der Waals surface area contributed by atoms with E-state index in [2.05, 4.69) is 22.0 Å². The molecule has 0 saturated carbocycles. The summed E-state index contributed by atoms with van der Waals surface area (Å²) in [7, 11) is 0. The van der Waals surface area contributed by atoms with Crippen LogP contribution in [0.4, 0.5) is 5.69 Å². The Morgan fingerprint density at radius 2 is 2.19 bits per heavy atom. The number of anilines is 1. The molecule has 16 heavy (non-hydrogen) atoms. The van der Waals surface area contributed by atoms with E-state index in [0.717, 1.165) is 4.47 Å². The molecule has 4 heteroatoms. The fourth-order valence-electron chi connectivity index (χ4n) is 1.14. The fraction of sp³-hybridized carbons (Fsp3) is 0.417. The van der Waals surface area contributed by atoms with E-state index < -0.39 is 0 Å². The first kappa shape index (κ1) is 12.9. The number of ether oxygens (including phenoxy) is 1. The largest absolute Gasteiger partial charge is 0.490 e. The molecule has 0 aliphatic rings. The molecular weight excluding hydrogens is 268 g/mol. The summed E-state index contributed by atoms with van der Waals surface area (Å²) in [4.78, 5) is 0. The monoisotopic (exact) mass is 282 g/mol. The lowest BCUT2D eigenvalue weighted by molar-refractivity contribution is 0.264. The smallest absolute Gasteiger partial charge is 0.156 e. The maximum Gasteiger partial charge on any atom is 0.156 e. The Hall–Kier alpha value is -1.21. The summed E-state index contributed by atoms with van der Waals surface area (Å²) >= 11 is 3.37. The van der Waals surface area contributed by atoms with Gasteiger partial charge in [-0.15, -0.1) is 0 Å². The van der Waals surface area contributed by atoms with Gasteiger partial charge in [-0.3, -0.25) is 0 Å². The Morgan fingerprint density at radius 3 is 2.75 bits per heavy atom. The standard InChI is InChI=1S/C12H15BrN2O/c1-12(2,8-14)6-7-16-11-9(13)4-3-5-10(11)15/h3-5H,6-7,15H2,1-2H3. The number of nitrogens with zero attached hydrogens (tertiary/aromatic N) is 1. The molecule has 0 saturated heterocycles. The normalized spacial score (nSPS) is 10.9. The lowest BCUT2D eigenvalue weighted by Crippen LogP contribution is -2.13. The molecular formula is C12H15BrN2O. The predicted octanol–water partition coefficient (Wildman–Crippen LogP) is 3.35. The van der Waals surface area contributed by atoms with E-state index in [9.17, 15) is 0 Å². The van der Waals surface area contributed by atoms with E-state index in [-0.39, 0.29) is 5.41 Å². The minimum Gasteiger partial charge on any atom is -0.490 e. The zero-order valence-electron chi connectivity index (χ0n) is 9.46. The first-order valence-electron chi connectivity index (χ1n) is 5.04. The summed E-state index contributed by atoms with van der Waals surface area (Å²) in [5.41, 5.74) is 6.02. The van der Waals surface area contributed by atoms with E-state index >= 15 is 0 Å². The van der Waals surface area contributed by atoms with Crippen LogP contribution in [0.25, 0.3) is 0 Å². The molecule has 86 valence electrons. The Bertz CT molecular complexity index is 390. The van der Waals surface area contributed by atoms with E-state index in [4.69, 9.17) is 15.7 Å². The zero-order valence-corrected chi connectivity index (χ0v) is 11.0. The van der Waals surface area contributed by atoms with Crippen LogP contribution >= 0.6 is 15.9 Å². The molecule has 0 atom stereocenters. The first-order valence-corrected chi connectivity index (χ1v) is 5.83. The van der Waals surface area contributed by atoms with Crippen LogP contribution in [0.15, 0.2) is 22.7 Å². The van der Waals surface area contributed by atoms with Gasteiger partial charge in [-0.25, -0.2) is 0 Å². The highest BCUT2D eigenvalue weighted by atomic mass is 79.9. The van der Waals surface area contributed by atoms with Gasteiger partial charge >= 0.3 is 0 Å². The Morgan fingerprint density at radius 1 is 1.50 bits per heavy atom. The molecule has 0 unspecified atom stereocenters. The van der Waals surface area contributed by atoms with Crippen molar-refractivity contribution in [1.29, 1.82) is 5.26 Å². The van der Waals surface area contributed by atoms with E-state index in [1.165, 1.54) is 0 Å². The molecule has 0 amide bonds. The molecule has 0 heterocycles. The maximum atomic E-state index is 8.86. The van der Waals surface area contributed by atoms with Crippen LogP contribution in [-0.4, -0.2) is 6.61 Å². The van der Waals surface area contributed by atoms with Crippen LogP contribution in [0, 0.1) is 16.7 Å². The van der Waals surface area contributed by atoms with Crippen LogP contribution < -0.4 is 10.5 Å². The molecule has 3 nitrogen and oxygen atoms in total. The summed E-state index contributed by atoms with van der Waals surface area (Å²) in [5.74, 6) is 0.649. The van der Waals surface area contributed by atoms with Gasteiger partial charge in [-0.05, 0) is 48.3 Å². The van der Waals surface area contributed by atoms with Crippen LogP contribution in [0.5, 0.6) is 5.75 Å². The van der Waals surface area contributed by atoms with Crippen molar-refractivity contribution in [2.75, 3.05) is 12.3 Å². The fourth-order valence-corrected chi connectivity index (χ4v) is 1.64. The molecule has 0 fully saturated rings. The first-order chi connectivity index (χ1) is 7.46. The topological polar surface area (TPSA) is 59.0 Å². The summed E-state index contributed by atoms with van der Waals surface area (Å²) in [6, 6.07) is 7.75. The van der Waals surface area contributed by atoms with Crippen molar-refractivity contribution in [2.45, 2.75) is 20.3 Å². The van der Waals surface area contributed by atoms with Crippen LogP contribution in [0.3, 0.4) is 0 Å². The van der Waals surface area contributed by atoms with Crippen molar-refractivity contribution in [2.24, 2.45) is 5.41 Å². The van der Waals surface area contributed by atoms with Crippen molar-refractivity contribution in [3.63, 3.8) is 0 Å². The second-order valence-electron chi connectivity index (χ2n) is 4.25. The number of nitrogens with two attached hydrogens (primary N) is 1. The van der Waals surface area contributed by atoms with Gasteiger partial charge in [0.05, 0.1) is 28.3 Å². The predicted molar refractivity (Wildman–Crippen MR) is 68.1 cm³/mol. The summed E-state index contributed by atoms with van der Waals surface area (Å²) in [6.07, 6.45) is 0.671. The zero-order chi connectivity index (χ0) is 12.2. The number of benzene rings is 1. The lowest BCUT2D eigenvalue weighted by Gasteiger charge is -2.16. The average molecular weight is 283 g/mol. The highest BCUT2D eigenvalue weighted by molar-refractivity contribution is 9.10. The number of nitriles is 1. The molecule has 0 radical (unpaired) electrons. The third-order valence-corrected chi connectivity index (χ3v) is 2.90. The van der Waals surface area contributed by atoms with Gasteiger partial charge in [0.2, 0.25) is 0 Å². The minimum absolute atomic E-state index is 0.365. The number of halogens is 1. The quantitative estimate of drug-likeness (QED) is 0.862. The van der Waals surface area contributed by atoms with Crippen LogP contribution in [-0.2, 0) is 0 Å². The average Bonchev–Trinajstić information content (AvgIpc) is 2.22. The molecule has 0 spiro atoms. The van der Waals surface area contributed by atoms with Gasteiger partial charge in [0.15, 0.2) is 5.75 Å². The minimum atomic E-state index is -0.365. The van der Waals surface area contributed by atoms with Crippen molar-refractivity contribution in [3.8, 4) is 11.8 Å². The van der Waals surface area contributed by atoms with E-state index in [1.807, 2.05) is 26.0 Å². The maximum absolute atomic E-state index is 8.86. The van der Waals surface area contributed by atoms with Gasteiger partial charge in [-0.1, -0.05) is 6.07 Å². The highest BCUT2D eigenvalue weighted by Crippen LogP contribution is 2.31. The van der Waals surface area contributed by atoms with E-state index in [0.29, 0.717) is 24.5 Å². The second kappa shape index (κ2) is 5.22. The summed E-state index contributed by atoms with van der Waals surface area (Å²) < 4.78 is 6.42. The third kappa shape index (κ3) is 3.42. The van der Waals surface area contributed by atoms with Gasteiger partial charge in [0.25, 0.3) is 0 Å². The number of nitrogen functional groups attached to an aromatic ring is 1.